The van der Waals surface area contributed by atoms with Crippen LogP contribution in [-0.2, 0) is 19.4 Å². The lowest BCUT2D eigenvalue weighted by molar-refractivity contribution is 0.282. The molecule has 5 nitrogen and oxygen atoms in total. The molecule has 0 spiro atoms. The highest BCUT2D eigenvalue weighted by molar-refractivity contribution is 5.63. The summed E-state index contributed by atoms with van der Waals surface area (Å²) >= 11 is 0. The van der Waals surface area contributed by atoms with Gasteiger partial charge in [0.25, 0.3) is 5.89 Å². The molecule has 4 rings (SSSR count). The van der Waals surface area contributed by atoms with Crippen LogP contribution in [0.15, 0.2) is 77.4 Å². The number of aryl methyl sites for hydroxylation is 2. The highest BCUT2D eigenvalue weighted by atomic mass is 16.5. The third-order valence-corrected chi connectivity index (χ3v) is 4.59. The summed E-state index contributed by atoms with van der Waals surface area (Å²) in [6.07, 6.45) is 4.48. The Morgan fingerprint density at radius 2 is 1.68 bits per heavy atom. The number of pyridine rings is 1. The van der Waals surface area contributed by atoms with E-state index in [9.17, 15) is 5.11 Å². The molecule has 0 aliphatic rings. The maximum absolute atomic E-state index is 9.28. The zero-order valence-corrected chi connectivity index (χ0v) is 15.5. The van der Waals surface area contributed by atoms with E-state index in [1.807, 2.05) is 42.5 Å². The van der Waals surface area contributed by atoms with Crippen LogP contribution in [0.1, 0.15) is 23.4 Å². The van der Waals surface area contributed by atoms with Crippen molar-refractivity contribution in [3.05, 3.63) is 89.9 Å². The third kappa shape index (κ3) is 4.32. The first kappa shape index (κ1) is 18.1. The Morgan fingerprint density at radius 3 is 2.46 bits per heavy atom. The predicted molar refractivity (Wildman–Crippen MR) is 107 cm³/mol. The molecule has 1 N–H and O–H groups in total. The summed E-state index contributed by atoms with van der Waals surface area (Å²) in [4.78, 5) is 8.99. The topological polar surface area (TPSA) is 72.0 Å². The first-order chi connectivity index (χ1) is 13.8. The largest absolute Gasteiger partial charge is 0.392 e. The van der Waals surface area contributed by atoms with Crippen molar-refractivity contribution < 1.29 is 9.63 Å². The minimum atomic E-state index is 0.0148. The molecule has 0 atom stereocenters. The maximum atomic E-state index is 9.28. The van der Waals surface area contributed by atoms with Crippen molar-refractivity contribution in [1.29, 1.82) is 0 Å². The van der Waals surface area contributed by atoms with Crippen molar-refractivity contribution >= 4 is 0 Å². The van der Waals surface area contributed by atoms with Gasteiger partial charge in [-0.1, -0.05) is 53.7 Å². The molecule has 2 aromatic carbocycles. The Morgan fingerprint density at radius 1 is 0.821 bits per heavy atom. The van der Waals surface area contributed by atoms with Gasteiger partial charge in [0.15, 0.2) is 5.82 Å². The normalized spacial score (nSPS) is 10.9. The quantitative estimate of drug-likeness (QED) is 0.519. The van der Waals surface area contributed by atoms with E-state index in [4.69, 9.17) is 4.52 Å². The zero-order chi connectivity index (χ0) is 19.2. The summed E-state index contributed by atoms with van der Waals surface area (Å²) < 4.78 is 5.40. The highest BCUT2D eigenvalue weighted by Gasteiger charge is 2.10. The third-order valence-electron chi connectivity index (χ3n) is 4.59. The number of nitrogens with zero attached hydrogens (tertiary/aromatic N) is 3. The van der Waals surface area contributed by atoms with Gasteiger partial charge in [-0.2, -0.15) is 4.98 Å². The van der Waals surface area contributed by atoms with Crippen molar-refractivity contribution in [2.75, 3.05) is 0 Å². The van der Waals surface area contributed by atoms with E-state index in [0.717, 1.165) is 41.6 Å². The molecule has 0 radical (unpaired) electrons. The van der Waals surface area contributed by atoms with E-state index in [2.05, 4.69) is 39.4 Å². The van der Waals surface area contributed by atoms with Crippen molar-refractivity contribution in [1.82, 2.24) is 15.1 Å². The Balaban J connectivity index is 1.40. The fourth-order valence-corrected chi connectivity index (χ4v) is 3.09. The van der Waals surface area contributed by atoms with Crippen molar-refractivity contribution in [2.24, 2.45) is 0 Å². The Labute approximate surface area is 163 Å². The molecule has 140 valence electrons. The standard InChI is InChI=1S/C23H21N3O2/c27-16-18-9-4-10-19(14-18)21-13-12-20(15-24-21)23-25-22(26-28-23)11-5-8-17-6-2-1-3-7-17/h1-4,6-7,9-10,12-15,27H,5,8,11,16H2. The van der Waals surface area contributed by atoms with Gasteiger partial charge in [0, 0.05) is 18.2 Å². The second-order valence-electron chi connectivity index (χ2n) is 6.65. The fourth-order valence-electron chi connectivity index (χ4n) is 3.09. The predicted octanol–water partition coefficient (Wildman–Crippen LogP) is 4.47. The fraction of sp³-hybridized carbons (Fsp3) is 0.174. The number of aliphatic hydroxyl groups is 1. The van der Waals surface area contributed by atoms with Gasteiger partial charge in [-0.3, -0.25) is 4.98 Å². The van der Waals surface area contributed by atoms with Crippen LogP contribution in [0.2, 0.25) is 0 Å². The first-order valence-corrected chi connectivity index (χ1v) is 9.35. The molecule has 0 unspecified atom stereocenters. The number of rotatable bonds is 7. The van der Waals surface area contributed by atoms with Crippen molar-refractivity contribution in [3.63, 3.8) is 0 Å². The van der Waals surface area contributed by atoms with E-state index >= 15 is 0 Å². The number of hydrogen-bond donors (Lipinski definition) is 1. The van der Waals surface area contributed by atoms with E-state index in [1.54, 1.807) is 6.20 Å². The lowest BCUT2D eigenvalue weighted by atomic mass is 10.1. The van der Waals surface area contributed by atoms with Gasteiger partial charge in [-0.05, 0) is 42.2 Å². The van der Waals surface area contributed by atoms with E-state index < -0.39 is 0 Å². The van der Waals surface area contributed by atoms with Gasteiger partial charge < -0.3 is 9.63 Å². The monoisotopic (exact) mass is 371 g/mol. The first-order valence-electron chi connectivity index (χ1n) is 9.35. The van der Waals surface area contributed by atoms with Gasteiger partial charge in [-0.15, -0.1) is 0 Å². The SMILES string of the molecule is OCc1cccc(-c2ccc(-c3nc(CCCc4ccccc4)no3)cn2)c1. The van der Waals surface area contributed by atoms with E-state index in [0.29, 0.717) is 11.7 Å². The van der Waals surface area contributed by atoms with Crippen LogP contribution in [0.5, 0.6) is 0 Å². The smallest absolute Gasteiger partial charge is 0.259 e. The molecular formula is C23H21N3O2. The summed E-state index contributed by atoms with van der Waals surface area (Å²) in [6.45, 7) is 0.0148. The lowest BCUT2D eigenvalue weighted by Gasteiger charge is -2.03. The minimum absolute atomic E-state index is 0.0148. The highest BCUT2D eigenvalue weighted by Crippen LogP contribution is 2.22. The van der Waals surface area contributed by atoms with Crippen molar-refractivity contribution in [3.8, 4) is 22.7 Å². The van der Waals surface area contributed by atoms with Crippen LogP contribution in [0.25, 0.3) is 22.7 Å². The minimum Gasteiger partial charge on any atom is -0.392 e. The molecule has 5 heteroatoms. The zero-order valence-electron chi connectivity index (χ0n) is 15.5. The summed E-state index contributed by atoms with van der Waals surface area (Å²) in [7, 11) is 0. The second-order valence-corrected chi connectivity index (χ2v) is 6.65. The molecular weight excluding hydrogens is 350 g/mol. The van der Waals surface area contributed by atoms with Crippen LogP contribution in [-0.4, -0.2) is 20.2 Å². The molecule has 0 saturated carbocycles. The second kappa shape index (κ2) is 8.59. The number of benzene rings is 2. The molecule has 2 aromatic heterocycles. The maximum Gasteiger partial charge on any atom is 0.259 e. The summed E-state index contributed by atoms with van der Waals surface area (Å²) in [5, 5.41) is 13.4. The van der Waals surface area contributed by atoms with Crippen LogP contribution in [0.3, 0.4) is 0 Å². The molecule has 0 amide bonds. The van der Waals surface area contributed by atoms with Crippen LogP contribution < -0.4 is 0 Å². The number of aromatic nitrogens is 3. The molecule has 0 aliphatic carbocycles. The van der Waals surface area contributed by atoms with Gasteiger partial charge >= 0.3 is 0 Å². The molecule has 0 saturated heterocycles. The molecule has 28 heavy (non-hydrogen) atoms. The number of hydrogen-bond acceptors (Lipinski definition) is 5. The summed E-state index contributed by atoms with van der Waals surface area (Å²) in [5.74, 6) is 1.20. The molecule has 4 aromatic rings. The molecule has 0 bridgehead atoms. The summed E-state index contributed by atoms with van der Waals surface area (Å²) in [6, 6.07) is 21.9. The van der Waals surface area contributed by atoms with Crippen molar-refractivity contribution in [2.45, 2.75) is 25.9 Å². The Hall–Kier alpha value is -3.31. The van der Waals surface area contributed by atoms with Gasteiger partial charge in [-0.25, -0.2) is 0 Å². The van der Waals surface area contributed by atoms with Gasteiger partial charge in [0.1, 0.15) is 0 Å². The average molecular weight is 371 g/mol. The number of aliphatic hydroxyl groups excluding tert-OH is 1. The summed E-state index contributed by atoms with van der Waals surface area (Å²) in [5.41, 5.74) is 4.77. The molecule has 0 aliphatic heterocycles. The average Bonchev–Trinajstić information content (AvgIpc) is 3.24. The van der Waals surface area contributed by atoms with E-state index in [1.165, 1.54) is 5.56 Å². The van der Waals surface area contributed by atoms with Crippen LogP contribution in [0.4, 0.5) is 0 Å². The molecule has 0 fully saturated rings. The Kier molecular flexibility index (Phi) is 5.54. The van der Waals surface area contributed by atoms with Crippen LogP contribution >= 0.6 is 0 Å². The van der Waals surface area contributed by atoms with Crippen LogP contribution in [0, 0.1) is 0 Å². The van der Waals surface area contributed by atoms with Gasteiger partial charge in [0.2, 0.25) is 0 Å². The molecule has 2 heterocycles. The Bertz CT molecular complexity index is 1030. The van der Waals surface area contributed by atoms with Gasteiger partial charge in [0.05, 0.1) is 17.9 Å². The van der Waals surface area contributed by atoms with E-state index in [-0.39, 0.29) is 6.61 Å². The lowest BCUT2D eigenvalue weighted by Crippen LogP contribution is -1.92.